The Balaban J connectivity index is 1.59. The monoisotopic (exact) mass is 358 g/mol. The largest absolute Gasteiger partial charge is 0.492 e. The predicted octanol–water partition coefficient (Wildman–Crippen LogP) is 3.95. The lowest BCUT2D eigenvalue weighted by Crippen LogP contribution is -2.21. The summed E-state index contributed by atoms with van der Waals surface area (Å²) in [5.41, 5.74) is 1.17. The number of hydrogen-bond acceptors (Lipinski definition) is 3. The minimum Gasteiger partial charge on any atom is -0.492 e. The Kier molecular flexibility index (Phi) is 5.24. The van der Waals surface area contributed by atoms with Gasteiger partial charge in [0.25, 0.3) is 0 Å². The molecule has 0 aliphatic heterocycles. The van der Waals surface area contributed by atoms with E-state index in [0.717, 1.165) is 0 Å². The molecule has 1 fully saturated rings. The van der Waals surface area contributed by atoms with Crippen molar-refractivity contribution in [3.8, 4) is 5.75 Å². The topological polar surface area (TPSA) is 67.4 Å². The van der Waals surface area contributed by atoms with Crippen LogP contribution in [0.25, 0.3) is 0 Å². The molecule has 2 aromatic carbocycles. The third-order valence-corrected chi connectivity index (χ3v) is 4.37. The molecule has 0 bridgehead atoms. The van der Waals surface area contributed by atoms with Crippen LogP contribution in [-0.4, -0.2) is 18.4 Å². The van der Waals surface area contributed by atoms with Crippen molar-refractivity contribution in [1.29, 1.82) is 0 Å². The molecule has 130 valence electrons. The zero-order valence-electron chi connectivity index (χ0n) is 13.8. The van der Waals surface area contributed by atoms with Crippen molar-refractivity contribution < 1.29 is 14.3 Å². The first kappa shape index (κ1) is 17.3. The van der Waals surface area contributed by atoms with Gasteiger partial charge in [-0.1, -0.05) is 35.9 Å². The summed E-state index contributed by atoms with van der Waals surface area (Å²) < 4.78 is 5.50. The highest BCUT2D eigenvalue weighted by Gasteiger charge is 2.48. The van der Waals surface area contributed by atoms with Gasteiger partial charge in [0, 0.05) is 0 Å². The highest BCUT2D eigenvalue weighted by molar-refractivity contribution is 6.33. The van der Waals surface area contributed by atoms with E-state index in [1.165, 1.54) is 0 Å². The highest BCUT2D eigenvalue weighted by atomic mass is 35.5. The first-order valence-corrected chi connectivity index (χ1v) is 8.56. The second kappa shape index (κ2) is 7.57. The Bertz CT molecular complexity index is 794. The first-order chi connectivity index (χ1) is 12.1. The molecule has 6 heteroatoms. The van der Waals surface area contributed by atoms with E-state index >= 15 is 0 Å². The van der Waals surface area contributed by atoms with Crippen molar-refractivity contribution in [2.75, 3.05) is 17.2 Å². The summed E-state index contributed by atoms with van der Waals surface area (Å²) in [6.45, 7) is 2.40. The van der Waals surface area contributed by atoms with Gasteiger partial charge in [-0.25, -0.2) is 0 Å². The number of ether oxygens (including phenoxy) is 1. The maximum absolute atomic E-state index is 12.4. The quantitative estimate of drug-likeness (QED) is 0.821. The van der Waals surface area contributed by atoms with Gasteiger partial charge in [0.1, 0.15) is 5.75 Å². The fraction of sp³-hybridized carbons (Fsp3) is 0.263. The van der Waals surface area contributed by atoms with E-state index < -0.39 is 0 Å². The van der Waals surface area contributed by atoms with Crippen molar-refractivity contribution in [3.05, 3.63) is 53.6 Å². The maximum atomic E-state index is 12.4. The molecule has 2 N–H and O–H groups in total. The van der Waals surface area contributed by atoms with Gasteiger partial charge in [0.15, 0.2) is 0 Å². The van der Waals surface area contributed by atoms with Crippen LogP contribution in [-0.2, 0) is 9.59 Å². The summed E-state index contributed by atoms with van der Waals surface area (Å²) in [5, 5.41) is 6.10. The SMILES string of the molecule is CCOc1ccccc1NC(=O)C1CC1C(=O)Nc1ccccc1Cl. The number of para-hydroxylation sites is 3. The fourth-order valence-electron chi connectivity index (χ4n) is 2.64. The molecule has 5 nitrogen and oxygen atoms in total. The molecule has 25 heavy (non-hydrogen) atoms. The standard InChI is InChI=1S/C19H19ClN2O3/c1-2-25-17-10-6-5-9-16(17)22-19(24)13-11-12(13)18(23)21-15-8-4-3-7-14(15)20/h3-10,12-13H,2,11H2,1H3,(H,21,23)(H,22,24). The van der Waals surface area contributed by atoms with Crippen LogP contribution in [0.15, 0.2) is 48.5 Å². The Labute approximate surface area is 151 Å². The average Bonchev–Trinajstić information content (AvgIpc) is 3.40. The number of carbonyl (C=O) groups is 2. The third-order valence-electron chi connectivity index (χ3n) is 4.04. The molecule has 1 aliphatic carbocycles. The summed E-state index contributed by atoms with van der Waals surface area (Å²) in [4.78, 5) is 24.7. The van der Waals surface area contributed by atoms with Crippen LogP contribution in [0.3, 0.4) is 0 Å². The summed E-state index contributed by atoms with van der Waals surface area (Å²) in [5.74, 6) is -0.415. The van der Waals surface area contributed by atoms with Crippen molar-refractivity contribution in [3.63, 3.8) is 0 Å². The van der Waals surface area contributed by atoms with Gasteiger partial charge < -0.3 is 15.4 Å². The van der Waals surface area contributed by atoms with Gasteiger partial charge in [-0.05, 0) is 37.6 Å². The molecule has 3 rings (SSSR count). The molecule has 2 amide bonds. The summed E-state index contributed by atoms with van der Waals surface area (Å²) in [6, 6.07) is 14.3. The summed E-state index contributed by atoms with van der Waals surface area (Å²) in [7, 11) is 0. The second-order valence-electron chi connectivity index (χ2n) is 5.84. The zero-order valence-corrected chi connectivity index (χ0v) is 14.5. The molecule has 2 aromatic rings. The van der Waals surface area contributed by atoms with Gasteiger partial charge in [0.05, 0.1) is 34.8 Å². The van der Waals surface area contributed by atoms with E-state index in [0.29, 0.717) is 35.2 Å². The maximum Gasteiger partial charge on any atom is 0.228 e. The fourth-order valence-corrected chi connectivity index (χ4v) is 2.82. The first-order valence-electron chi connectivity index (χ1n) is 8.18. The van der Waals surface area contributed by atoms with Crippen molar-refractivity contribution in [1.82, 2.24) is 0 Å². The van der Waals surface area contributed by atoms with Gasteiger partial charge in [-0.3, -0.25) is 9.59 Å². The van der Waals surface area contributed by atoms with Gasteiger partial charge in [0.2, 0.25) is 11.8 Å². The van der Waals surface area contributed by atoms with Crippen LogP contribution in [0.1, 0.15) is 13.3 Å². The smallest absolute Gasteiger partial charge is 0.228 e. The molecule has 0 spiro atoms. The van der Waals surface area contributed by atoms with E-state index in [4.69, 9.17) is 16.3 Å². The number of halogens is 1. The Morgan fingerprint density at radius 2 is 1.56 bits per heavy atom. The van der Waals surface area contributed by atoms with Crippen molar-refractivity contribution in [2.45, 2.75) is 13.3 Å². The number of anilines is 2. The van der Waals surface area contributed by atoms with Crippen LogP contribution >= 0.6 is 11.6 Å². The molecule has 0 radical (unpaired) electrons. The summed E-state index contributed by atoms with van der Waals surface area (Å²) >= 11 is 6.04. The minimum absolute atomic E-state index is 0.175. The van der Waals surface area contributed by atoms with Crippen molar-refractivity contribution in [2.24, 2.45) is 11.8 Å². The molecular weight excluding hydrogens is 340 g/mol. The molecule has 0 saturated heterocycles. The highest BCUT2D eigenvalue weighted by Crippen LogP contribution is 2.41. The van der Waals surface area contributed by atoms with Crippen molar-refractivity contribution >= 4 is 34.8 Å². The molecule has 2 atom stereocenters. The number of rotatable bonds is 6. The molecule has 1 saturated carbocycles. The number of benzene rings is 2. The molecular formula is C19H19ClN2O3. The molecule has 0 aromatic heterocycles. The van der Waals surface area contributed by atoms with E-state index in [9.17, 15) is 9.59 Å². The zero-order chi connectivity index (χ0) is 17.8. The minimum atomic E-state index is -0.337. The van der Waals surface area contributed by atoms with Crippen LogP contribution in [0.2, 0.25) is 5.02 Å². The predicted molar refractivity (Wildman–Crippen MR) is 97.9 cm³/mol. The number of amides is 2. The Morgan fingerprint density at radius 3 is 2.20 bits per heavy atom. The second-order valence-corrected chi connectivity index (χ2v) is 6.24. The molecule has 1 aliphatic rings. The normalized spacial score (nSPS) is 18.3. The lowest BCUT2D eigenvalue weighted by atomic mass is 10.2. The number of hydrogen-bond donors (Lipinski definition) is 2. The lowest BCUT2D eigenvalue weighted by molar-refractivity contribution is -0.122. The van der Waals surface area contributed by atoms with Gasteiger partial charge >= 0.3 is 0 Å². The average molecular weight is 359 g/mol. The van der Waals surface area contributed by atoms with Crippen LogP contribution in [0.5, 0.6) is 5.75 Å². The van der Waals surface area contributed by atoms with Crippen LogP contribution < -0.4 is 15.4 Å². The third kappa shape index (κ3) is 4.12. The Morgan fingerprint density at radius 1 is 1.00 bits per heavy atom. The van der Waals surface area contributed by atoms with Crippen LogP contribution in [0, 0.1) is 11.8 Å². The molecule has 0 heterocycles. The Hall–Kier alpha value is -2.53. The summed E-state index contributed by atoms with van der Waals surface area (Å²) in [6.07, 6.45) is 0.527. The van der Waals surface area contributed by atoms with Gasteiger partial charge in [-0.15, -0.1) is 0 Å². The lowest BCUT2D eigenvalue weighted by Gasteiger charge is -2.11. The number of carbonyl (C=O) groups excluding carboxylic acids is 2. The van der Waals surface area contributed by atoms with E-state index in [1.807, 2.05) is 19.1 Å². The van der Waals surface area contributed by atoms with E-state index in [2.05, 4.69) is 10.6 Å². The van der Waals surface area contributed by atoms with E-state index in [-0.39, 0.29) is 23.7 Å². The van der Waals surface area contributed by atoms with E-state index in [1.54, 1.807) is 36.4 Å². The molecule has 2 unspecified atom stereocenters. The van der Waals surface area contributed by atoms with Gasteiger partial charge in [-0.2, -0.15) is 0 Å². The number of nitrogens with one attached hydrogen (secondary N) is 2. The van der Waals surface area contributed by atoms with Crippen LogP contribution in [0.4, 0.5) is 11.4 Å².